The summed E-state index contributed by atoms with van der Waals surface area (Å²) in [6.45, 7) is 12.0. The van der Waals surface area contributed by atoms with E-state index in [0.29, 0.717) is 0 Å². The van der Waals surface area contributed by atoms with Gasteiger partial charge >= 0.3 is 0 Å². The van der Waals surface area contributed by atoms with Crippen molar-refractivity contribution in [2.45, 2.75) is 58.5 Å². The van der Waals surface area contributed by atoms with Crippen molar-refractivity contribution in [1.82, 2.24) is 10.2 Å². The number of nitrogens with one attached hydrogen (secondary N) is 1. The van der Waals surface area contributed by atoms with Gasteiger partial charge in [0.25, 0.3) is 0 Å². The van der Waals surface area contributed by atoms with E-state index < -0.39 is 0 Å². The predicted octanol–water partition coefficient (Wildman–Crippen LogP) is 4.05. The van der Waals surface area contributed by atoms with Crippen LogP contribution in [0.1, 0.15) is 57.2 Å². The molecule has 3 heteroatoms. The van der Waals surface area contributed by atoms with Crippen LogP contribution in [0.15, 0.2) is 18.2 Å². The Morgan fingerprint density at radius 1 is 1.24 bits per heavy atom. The van der Waals surface area contributed by atoms with Crippen molar-refractivity contribution < 1.29 is 4.39 Å². The first-order valence-electron chi connectivity index (χ1n) is 8.21. The van der Waals surface area contributed by atoms with E-state index in [2.05, 4.69) is 31.0 Å². The van der Waals surface area contributed by atoms with Gasteiger partial charge < -0.3 is 5.32 Å². The molecule has 0 bridgehead atoms. The third-order valence-corrected chi connectivity index (χ3v) is 4.83. The first-order valence-corrected chi connectivity index (χ1v) is 8.21. The summed E-state index contributed by atoms with van der Waals surface area (Å²) < 4.78 is 13.4. The molecule has 1 heterocycles. The molecule has 21 heavy (non-hydrogen) atoms. The van der Waals surface area contributed by atoms with Gasteiger partial charge in [-0.2, -0.15) is 0 Å². The van der Waals surface area contributed by atoms with Gasteiger partial charge in [0.15, 0.2) is 0 Å². The minimum absolute atomic E-state index is 0.0268. The molecule has 1 unspecified atom stereocenters. The van der Waals surface area contributed by atoms with Crippen LogP contribution in [0.25, 0.3) is 0 Å². The van der Waals surface area contributed by atoms with Crippen molar-refractivity contribution in [1.29, 1.82) is 0 Å². The standard InChI is InChI=1S/C18H29FN2/c1-5-20-17(16-10-9-15(19)13-14(16)2)18(3,4)21-11-7-6-8-12-21/h9-10,13,17,20H,5-8,11-12H2,1-4H3. The van der Waals surface area contributed by atoms with Crippen molar-refractivity contribution >= 4 is 0 Å². The second-order valence-electron chi connectivity index (χ2n) is 6.69. The van der Waals surface area contributed by atoms with Crippen molar-refractivity contribution in [3.63, 3.8) is 0 Å². The average molecular weight is 292 g/mol. The highest BCUT2D eigenvalue weighted by Gasteiger charge is 2.37. The highest BCUT2D eigenvalue weighted by atomic mass is 19.1. The molecule has 0 spiro atoms. The number of hydrogen-bond acceptors (Lipinski definition) is 2. The fourth-order valence-corrected chi connectivity index (χ4v) is 3.56. The summed E-state index contributed by atoms with van der Waals surface area (Å²) in [5.41, 5.74) is 2.28. The number of piperidine rings is 1. The Morgan fingerprint density at radius 3 is 2.48 bits per heavy atom. The van der Waals surface area contributed by atoms with Crippen molar-refractivity contribution in [3.05, 3.63) is 35.1 Å². The first kappa shape index (κ1) is 16.4. The van der Waals surface area contributed by atoms with E-state index in [4.69, 9.17) is 0 Å². The molecule has 0 saturated carbocycles. The van der Waals surface area contributed by atoms with E-state index in [-0.39, 0.29) is 17.4 Å². The molecule has 0 aromatic heterocycles. The molecule has 1 saturated heterocycles. The molecule has 1 aliphatic rings. The normalized spacial score (nSPS) is 18.7. The van der Waals surface area contributed by atoms with Gasteiger partial charge in [0, 0.05) is 5.54 Å². The summed E-state index contributed by atoms with van der Waals surface area (Å²) in [5.74, 6) is -0.151. The van der Waals surface area contributed by atoms with Gasteiger partial charge in [-0.3, -0.25) is 4.90 Å². The molecule has 1 fully saturated rings. The lowest BCUT2D eigenvalue weighted by molar-refractivity contribution is 0.0610. The summed E-state index contributed by atoms with van der Waals surface area (Å²) in [7, 11) is 0. The number of likely N-dealkylation sites (tertiary alicyclic amines) is 1. The Kier molecular flexibility index (Phi) is 5.39. The number of benzene rings is 1. The zero-order valence-corrected chi connectivity index (χ0v) is 13.9. The van der Waals surface area contributed by atoms with Crippen molar-refractivity contribution in [2.24, 2.45) is 0 Å². The van der Waals surface area contributed by atoms with Gasteiger partial charge in [0.2, 0.25) is 0 Å². The molecule has 0 radical (unpaired) electrons. The van der Waals surface area contributed by atoms with E-state index in [1.165, 1.54) is 24.8 Å². The van der Waals surface area contributed by atoms with Crippen LogP contribution < -0.4 is 5.32 Å². The molecular weight excluding hydrogens is 263 g/mol. The van der Waals surface area contributed by atoms with E-state index in [0.717, 1.165) is 25.2 Å². The smallest absolute Gasteiger partial charge is 0.123 e. The molecule has 2 rings (SSSR count). The number of hydrogen-bond donors (Lipinski definition) is 1. The average Bonchev–Trinajstić information content (AvgIpc) is 2.46. The summed E-state index contributed by atoms with van der Waals surface area (Å²) >= 11 is 0. The maximum absolute atomic E-state index is 13.4. The van der Waals surface area contributed by atoms with Crippen LogP contribution in [-0.4, -0.2) is 30.1 Å². The van der Waals surface area contributed by atoms with Crippen LogP contribution in [0.3, 0.4) is 0 Å². The van der Waals surface area contributed by atoms with Gasteiger partial charge in [0.1, 0.15) is 5.82 Å². The van der Waals surface area contributed by atoms with Gasteiger partial charge in [-0.1, -0.05) is 19.4 Å². The summed E-state index contributed by atoms with van der Waals surface area (Å²) in [6.07, 6.45) is 3.91. The molecule has 0 amide bonds. The molecule has 1 N–H and O–H groups in total. The SMILES string of the molecule is CCNC(c1ccc(F)cc1C)C(C)(C)N1CCCCC1. The van der Waals surface area contributed by atoms with Crippen LogP contribution in [-0.2, 0) is 0 Å². The van der Waals surface area contributed by atoms with Crippen LogP contribution in [0, 0.1) is 12.7 Å². The second-order valence-corrected chi connectivity index (χ2v) is 6.69. The lowest BCUT2D eigenvalue weighted by Gasteiger charge is -2.46. The lowest BCUT2D eigenvalue weighted by atomic mass is 9.83. The van der Waals surface area contributed by atoms with Gasteiger partial charge in [0.05, 0.1) is 6.04 Å². The Hall–Kier alpha value is -0.930. The Bertz CT molecular complexity index is 464. The largest absolute Gasteiger partial charge is 0.309 e. The van der Waals surface area contributed by atoms with Crippen molar-refractivity contribution in [3.8, 4) is 0 Å². The molecular formula is C18H29FN2. The molecule has 2 nitrogen and oxygen atoms in total. The summed E-state index contributed by atoms with van der Waals surface area (Å²) in [5, 5.41) is 3.63. The van der Waals surface area contributed by atoms with E-state index in [1.807, 2.05) is 13.0 Å². The molecule has 1 aliphatic heterocycles. The Labute approximate surface area is 128 Å². The third kappa shape index (κ3) is 3.64. The third-order valence-electron chi connectivity index (χ3n) is 4.83. The van der Waals surface area contributed by atoms with Crippen LogP contribution in [0.2, 0.25) is 0 Å². The monoisotopic (exact) mass is 292 g/mol. The van der Waals surface area contributed by atoms with E-state index in [9.17, 15) is 4.39 Å². The minimum atomic E-state index is -0.151. The van der Waals surface area contributed by atoms with Gasteiger partial charge in [-0.25, -0.2) is 4.39 Å². The molecule has 1 aromatic carbocycles. The molecule has 1 atom stereocenters. The quantitative estimate of drug-likeness (QED) is 0.881. The van der Waals surface area contributed by atoms with E-state index in [1.54, 1.807) is 12.1 Å². The fourth-order valence-electron chi connectivity index (χ4n) is 3.56. The minimum Gasteiger partial charge on any atom is -0.309 e. The van der Waals surface area contributed by atoms with Crippen LogP contribution >= 0.6 is 0 Å². The van der Waals surface area contributed by atoms with Crippen LogP contribution in [0.5, 0.6) is 0 Å². The number of nitrogens with zero attached hydrogens (tertiary/aromatic N) is 1. The zero-order chi connectivity index (χ0) is 15.5. The number of aryl methyl sites for hydroxylation is 1. The Balaban J connectivity index is 2.32. The predicted molar refractivity (Wildman–Crippen MR) is 87.1 cm³/mol. The van der Waals surface area contributed by atoms with Gasteiger partial charge in [-0.15, -0.1) is 0 Å². The number of rotatable bonds is 5. The van der Waals surface area contributed by atoms with Crippen LogP contribution in [0.4, 0.5) is 4.39 Å². The summed E-state index contributed by atoms with van der Waals surface area (Å²) in [6, 6.07) is 5.40. The maximum atomic E-state index is 13.4. The molecule has 0 aliphatic carbocycles. The zero-order valence-electron chi connectivity index (χ0n) is 13.9. The second kappa shape index (κ2) is 6.89. The van der Waals surface area contributed by atoms with Crippen molar-refractivity contribution in [2.75, 3.05) is 19.6 Å². The summed E-state index contributed by atoms with van der Waals surface area (Å²) in [4.78, 5) is 2.59. The number of halogens is 1. The number of likely N-dealkylation sites (N-methyl/N-ethyl adjacent to an activating group) is 1. The topological polar surface area (TPSA) is 15.3 Å². The highest BCUT2D eigenvalue weighted by Crippen LogP contribution is 2.34. The van der Waals surface area contributed by atoms with Gasteiger partial charge in [-0.05, 0) is 76.5 Å². The lowest BCUT2D eigenvalue weighted by Crippen LogP contribution is -2.54. The fraction of sp³-hybridized carbons (Fsp3) is 0.667. The Morgan fingerprint density at radius 2 is 1.90 bits per heavy atom. The molecule has 1 aromatic rings. The molecule has 118 valence electrons. The highest BCUT2D eigenvalue weighted by molar-refractivity contribution is 5.32. The maximum Gasteiger partial charge on any atom is 0.123 e. The first-order chi connectivity index (χ1) is 9.96. The van der Waals surface area contributed by atoms with E-state index >= 15 is 0 Å².